The number of fused-ring (bicyclic) bond motifs is 1. The molecule has 0 spiro atoms. The molecule has 0 aliphatic heterocycles. The van der Waals surface area contributed by atoms with Gasteiger partial charge in [-0.3, -0.25) is 9.36 Å². The van der Waals surface area contributed by atoms with Gasteiger partial charge in [0.2, 0.25) is 0 Å². The number of phenolic OH excluding ortho intramolecular Hbond substituents is 1. The Kier molecular flexibility index (Phi) is 4.07. The van der Waals surface area contributed by atoms with E-state index in [-0.39, 0.29) is 11.3 Å². The van der Waals surface area contributed by atoms with Gasteiger partial charge in [0.05, 0.1) is 16.6 Å². The maximum atomic E-state index is 13.1. The highest BCUT2D eigenvalue weighted by Gasteiger charge is 2.10. The number of aromatic hydroxyl groups is 1. The Bertz CT molecular complexity index is 1160. The van der Waals surface area contributed by atoms with Gasteiger partial charge in [0, 0.05) is 5.56 Å². The van der Waals surface area contributed by atoms with Gasteiger partial charge in [-0.05, 0) is 42.5 Å². The van der Waals surface area contributed by atoms with E-state index in [9.17, 15) is 9.90 Å². The highest BCUT2D eigenvalue weighted by molar-refractivity contribution is 5.80. The summed E-state index contributed by atoms with van der Waals surface area (Å²) in [6.45, 7) is 0. The van der Waals surface area contributed by atoms with E-state index >= 15 is 0 Å². The zero-order valence-electron chi connectivity index (χ0n) is 13.9. The van der Waals surface area contributed by atoms with Gasteiger partial charge in [-0.1, -0.05) is 48.5 Å². The van der Waals surface area contributed by atoms with Crippen molar-refractivity contribution in [2.75, 3.05) is 0 Å². The lowest BCUT2D eigenvalue weighted by Gasteiger charge is -2.11. The predicted molar refractivity (Wildman–Crippen MR) is 104 cm³/mol. The molecule has 4 heteroatoms. The van der Waals surface area contributed by atoms with Crippen molar-refractivity contribution in [3.8, 4) is 11.4 Å². The molecule has 1 aromatic heterocycles. The normalized spacial score (nSPS) is 11.2. The summed E-state index contributed by atoms with van der Waals surface area (Å²) >= 11 is 0. The Hall–Kier alpha value is -3.66. The fraction of sp³-hybridized carbons (Fsp3) is 0. The van der Waals surface area contributed by atoms with Crippen LogP contribution < -0.4 is 5.56 Å². The van der Waals surface area contributed by atoms with E-state index in [0.717, 1.165) is 5.69 Å². The summed E-state index contributed by atoms with van der Waals surface area (Å²) in [5.74, 6) is 0.682. The molecule has 0 aliphatic carbocycles. The molecule has 0 saturated heterocycles. The lowest BCUT2D eigenvalue weighted by Crippen LogP contribution is -2.22. The molecule has 0 atom stereocenters. The largest absolute Gasteiger partial charge is 0.507 e. The second kappa shape index (κ2) is 6.69. The minimum absolute atomic E-state index is 0.126. The van der Waals surface area contributed by atoms with Gasteiger partial charge in [-0.25, -0.2) is 4.98 Å². The number of hydrogen-bond donors (Lipinski definition) is 1. The van der Waals surface area contributed by atoms with Crippen molar-refractivity contribution in [2.45, 2.75) is 0 Å². The van der Waals surface area contributed by atoms with Crippen LogP contribution in [0.3, 0.4) is 0 Å². The Morgan fingerprint density at radius 2 is 1.50 bits per heavy atom. The topological polar surface area (TPSA) is 55.1 Å². The van der Waals surface area contributed by atoms with Crippen LogP contribution in [0.15, 0.2) is 83.7 Å². The molecule has 0 radical (unpaired) electrons. The zero-order chi connectivity index (χ0) is 17.9. The van der Waals surface area contributed by atoms with Crippen LogP contribution in [0.5, 0.6) is 5.75 Å². The van der Waals surface area contributed by atoms with Crippen LogP contribution >= 0.6 is 0 Å². The molecule has 1 N–H and O–H groups in total. The van der Waals surface area contributed by atoms with Crippen molar-refractivity contribution in [2.24, 2.45) is 0 Å². The molecule has 26 heavy (non-hydrogen) atoms. The molecule has 0 amide bonds. The summed E-state index contributed by atoms with van der Waals surface area (Å²) in [4.78, 5) is 17.7. The maximum absolute atomic E-state index is 13.1. The molecule has 1 heterocycles. The number of rotatable bonds is 3. The number of para-hydroxylation sites is 3. The molecule has 0 aliphatic rings. The van der Waals surface area contributed by atoms with Crippen LogP contribution in [0.4, 0.5) is 0 Å². The standard InChI is InChI=1S/C22H16N2O2/c25-20-13-7-4-8-16(20)14-15-21-23-19-12-6-5-11-18(19)22(26)24(21)17-9-2-1-3-10-17/h1-15,25H. The monoisotopic (exact) mass is 340 g/mol. The highest BCUT2D eigenvalue weighted by Crippen LogP contribution is 2.19. The fourth-order valence-corrected chi connectivity index (χ4v) is 2.88. The van der Waals surface area contributed by atoms with E-state index in [1.807, 2.05) is 54.6 Å². The average Bonchev–Trinajstić information content (AvgIpc) is 2.68. The quantitative estimate of drug-likeness (QED) is 0.606. The molecule has 4 nitrogen and oxygen atoms in total. The van der Waals surface area contributed by atoms with Crippen molar-refractivity contribution >= 4 is 23.1 Å². The number of nitrogens with zero attached hydrogens (tertiary/aromatic N) is 2. The van der Waals surface area contributed by atoms with E-state index in [4.69, 9.17) is 0 Å². The van der Waals surface area contributed by atoms with E-state index in [1.165, 1.54) is 0 Å². The minimum Gasteiger partial charge on any atom is -0.507 e. The van der Waals surface area contributed by atoms with Crippen LogP contribution in [0.25, 0.3) is 28.7 Å². The third-order valence-electron chi connectivity index (χ3n) is 4.16. The molecule has 0 fully saturated rings. The van der Waals surface area contributed by atoms with E-state index in [0.29, 0.717) is 22.3 Å². The minimum atomic E-state index is -0.126. The second-order valence-corrected chi connectivity index (χ2v) is 5.86. The molecule has 3 aromatic carbocycles. The smallest absolute Gasteiger partial charge is 0.266 e. The van der Waals surface area contributed by atoms with Crippen molar-refractivity contribution in [1.29, 1.82) is 0 Å². The SMILES string of the molecule is O=c1c2ccccc2nc(C=Cc2ccccc2O)n1-c1ccccc1. The molecular weight excluding hydrogens is 324 g/mol. The molecule has 126 valence electrons. The highest BCUT2D eigenvalue weighted by atomic mass is 16.3. The second-order valence-electron chi connectivity index (χ2n) is 5.86. The van der Waals surface area contributed by atoms with Crippen LogP contribution in [-0.2, 0) is 0 Å². The first-order valence-electron chi connectivity index (χ1n) is 8.27. The summed E-state index contributed by atoms with van der Waals surface area (Å²) in [5, 5.41) is 10.5. The third kappa shape index (κ3) is 2.89. The van der Waals surface area contributed by atoms with Gasteiger partial charge in [0.15, 0.2) is 0 Å². The lowest BCUT2D eigenvalue weighted by atomic mass is 10.2. The number of phenols is 1. The van der Waals surface area contributed by atoms with Crippen molar-refractivity contribution < 1.29 is 5.11 Å². The van der Waals surface area contributed by atoms with Crippen molar-refractivity contribution in [3.05, 3.63) is 101 Å². The number of benzene rings is 3. The summed E-state index contributed by atoms with van der Waals surface area (Å²) in [6.07, 6.45) is 3.50. The molecule has 0 bridgehead atoms. The van der Waals surface area contributed by atoms with Gasteiger partial charge in [0.25, 0.3) is 5.56 Å². The maximum Gasteiger partial charge on any atom is 0.266 e. The van der Waals surface area contributed by atoms with Crippen molar-refractivity contribution in [1.82, 2.24) is 9.55 Å². The average molecular weight is 340 g/mol. The molecule has 0 unspecified atom stereocenters. The Balaban J connectivity index is 1.96. The third-order valence-corrected chi connectivity index (χ3v) is 4.16. The van der Waals surface area contributed by atoms with Gasteiger partial charge in [0.1, 0.15) is 11.6 Å². The Morgan fingerprint density at radius 1 is 0.808 bits per heavy atom. The van der Waals surface area contributed by atoms with Gasteiger partial charge in [-0.2, -0.15) is 0 Å². The van der Waals surface area contributed by atoms with E-state index in [1.54, 1.807) is 41.0 Å². The molecule has 4 rings (SSSR count). The number of hydrogen-bond acceptors (Lipinski definition) is 3. The lowest BCUT2D eigenvalue weighted by molar-refractivity contribution is 0.474. The fourth-order valence-electron chi connectivity index (χ4n) is 2.88. The zero-order valence-corrected chi connectivity index (χ0v) is 13.9. The summed E-state index contributed by atoms with van der Waals surface area (Å²) in [6, 6.07) is 23.7. The van der Waals surface area contributed by atoms with Gasteiger partial charge < -0.3 is 5.11 Å². The van der Waals surface area contributed by atoms with Crippen molar-refractivity contribution in [3.63, 3.8) is 0 Å². The first kappa shape index (κ1) is 15.8. The van der Waals surface area contributed by atoms with E-state index in [2.05, 4.69) is 4.98 Å². The van der Waals surface area contributed by atoms with E-state index < -0.39 is 0 Å². The Labute approximate surface area is 150 Å². The van der Waals surface area contributed by atoms with Crippen LogP contribution in [0.2, 0.25) is 0 Å². The van der Waals surface area contributed by atoms with Gasteiger partial charge in [-0.15, -0.1) is 0 Å². The Morgan fingerprint density at radius 3 is 2.31 bits per heavy atom. The summed E-state index contributed by atoms with van der Waals surface area (Å²) < 4.78 is 1.58. The van der Waals surface area contributed by atoms with Crippen LogP contribution in [-0.4, -0.2) is 14.7 Å². The van der Waals surface area contributed by atoms with Crippen LogP contribution in [0, 0.1) is 0 Å². The predicted octanol–water partition coefficient (Wildman–Crippen LogP) is 4.26. The molecule has 0 saturated carbocycles. The summed E-state index contributed by atoms with van der Waals surface area (Å²) in [5.41, 5.74) is 1.92. The first-order chi connectivity index (χ1) is 12.7. The first-order valence-corrected chi connectivity index (χ1v) is 8.27. The van der Waals surface area contributed by atoms with Crippen LogP contribution in [0.1, 0.15) is 11.4 Å². The molecular formula is C22H16N2O2. The summed E-state index contributed by atoms with van der Waals surface area (Å²) in [7, 11) is 0. The van der Waals surface area contributed by atoms with Gasteiger partial charge >= 0.3 is 0 Å². The molecule has 4 aromatic rings. The number of aromatic nitrogens is 2.